The van der Waals surface area contributed by atoms with Gasteiger partial charge < -0.3 is 4.90 Å². The lowest BCUT2D eigenvalue weighted by Gasteiger charge is -2.31. The van der Waals surface area contributed by atoms with Crippen LogP contribution in [0.4, 0.5) is 0 Å². The van der Waals surface area contributed by atoms with Gasteiger partial charge in [-0.3, -0.25) is 4.79 Å². The predicted octanol–water partition coefficient (Wildman–Crippen LogP) is 2.58. The first-order chi connectivity index (χ1) is 9.00. The third kappa shape index (κ3) is 4.78. The molecule has 20 heavy (non-hydrogen) atoms. The van der Waals surface area contributed by atoms with Gasteiger partial charge in [-0.2, -0.15) is 0 Å². The Morgan fingerprint density at radius 1 is 1.30 bits per heavy atom. The Hall–Kier alpha value is -1.67. The van der Waals surface area contributed by atoms with Crippen LogP contribution in [-0.2, 0) is 0 Å². The molecule has 0 spiro atoms. The van der Waals surface area contributed by atoms with Crippen molar-refractivity contribution in [3.05, 3.63) is 23.8 Å². The number of aromatic nitrogens is 2. The average Bonchev–Trinajstić information content (AvgIpc) is 2.33. The van der Waals surface area contributed by atoms with Crippen LogP contribution >= 0.6 is 0 Å². The van der Waals surface area contributed by atoms with Crippen molar-refractivity contribution < 1.29 is 4.79 Å². The van der Waals surface area contributed by atoms with Crippen LogP contribution in [0.15, 0.2) is 12.3 Å². The van der Waals surface area contributed by atoms with Crippen LogP contribution in [-0.4, -0.2) is 41.4 Å². The van der Waals surface area contributed by atoms with E-state index in [1.54, 1.807) is 24.2 Å². The van der Waals surface area contributed by atoms with E-state index in [0.29, 0.717) is 5.69 Å². The van der Waals surface area contributed by atoms with E-state index in [9.17, 15) is 4.79 Å². The number of rotatable bonds is 1. The van der Waals surface area contributed by atoms with Gasteiger partial charge in [0.15, 0.2) is 0 Å². The molecule has 0 bridgehead atoms. The molecule has 0 aliphatic carbocycles. The van der Waals surface area contributed by atoms with Gasteiger partial charge in [-0.05, 0) is 26.8 Å². The van der Waals surface area contributed by atoms with E-state index < -0.39 is 8.07 Å². The van der Waals surface area contributed by atoms with E-state index in [1.807, 2.05) is 20.8 Å². The first kappa shape index (κ1) is 16.4. The number of carbonyl (C=O) groups is 1. The fourth-order valence-corrected chi connectivity index (χ4v) is 1.74. The Morgan fingerprint density at radius 2 is 1.90 bits per heavy atom. The van der Waals surface area contributed by atoms with E-state index in [-0.39, 0.29) is 17.3 Å². The molecule has 1 rings (SSSR count). The fraction of sp³-hybridized carbons (Fsp3) is 0.533. The summed E-state index contributed by atoms with van der Waals surface area (Å²) in [6, 6.07) is 1.74. The molecule has 1 aromatic heterocycles. The summed E-state index contributed by atoms with van der Waals surface area (Å²) in [5.74, 6) is 3.06. The van der Waals surface area contributed by atoms with E-state index in [0.717, 1.165) is 0 Å². The van der Waals surface area contributed by atoms with Crippen LogP contribution < -0.4 is 0 Å². The first-order valence-corrected chi connectivity index (χ1v) is 10.1. The van der Waals surface area contributed by atoms with Gasteiger partial charge in [0, 0.05) is 18.8 Å². The smallest absolute Gasteiger partial charge is 0.291 e. The molecule has 108 valence electrons. The molecule has 5 heteroatoms. The van der Waals surface area contributed by atoms with Gasteiger partial charge in [0.05, 0.1) is 0 Å². The van der Waals surface area contributed by atoms with Gasteiger partial charge >= 0.3 is 0 Å². The molecule has 0 aromatic carbocycles. The normalized spacial score (nSPS) is 11.6. The maximum Gasteiger partial charge on any atom is 0.291 e. The lowest BCUT2D eigenvalue weighted by atomic mass is 10.1. The highest BCUT2D eigenvalue weighted by Gasteiger charge is 2.25. The summed E-state index contributed by atoms with van der Waals surface area (Å²) in [5, 5.41) is 0. The summed E-state index contributed by atoms with van der Waals surface area (Å²) < 4.78 is 0. The molecule has 1 aromatic rings. The van der Waals surface area contributed by atoms with Gasteiger partial charge in [-0.1, -0.05) is 25.6 Å². The molecule has 0 N–H and O–H groups in total. The minimum absolute atomic E-state index is 0.186. The second-order valence-electron chi connectivity index (χ2n) is 6.80. The molecule has 1 amide bonds. The van der Waals surface area contributed by atoms with Crippen molar-refractivity contribution in [3.63, 3.8) is 0 Å². The first-order valence-electron chi connectivity index (χ1n) is 6.65. The minimum Gasteiger partial charge on any atom is -0.334 e. The highest BCUT2D eigenvalue weighted by atomic mass is 28.3. The molecule has 0 aliphatic heterocycles. The second kappa shape index (κ2) is 5.76. The van der Waals surface area contributed by atoms with Crippen LogP contribution in [0.1, 0.15) is 37.1 Å². The van der Waals surface area contributed by atoms with Gasteiger partial charge in [0.1, 0.15) is 13.8 Å². The van der Waals surface area contributed by atoms with Crippen molar-refractivity contribution in [1.29, 1.82) is 0 Å². The van der Waals surface area contributed by atoms with E-state index in [2.05, 4.69) is 41.1 Å². The van der Waals surface area contributed by atoms with Crippen molar-refractivity contribution in [2.24, 2.45) is 0 Å². The van der Waals surface area contributed by atoms with Crippen molar-refractivity contribution in [2.45, 2.75) is 46.0 Å². The van der Waals surface area contributed by atoms with Crippen LogP contribution in [0, 0.1) is 11.5 Å². The van der Waals surface area contributed by atoms with Gasteiger partial charge in [0.25, 0.3) is 5.91 Å². The number of carbonyl (C=O) groups excluding carboxylic acids is 1. The Labute approximate surface area is 122 Å². The van der Waals surface area contributed by atoms with Gasteiger partial charge in [0.2, 0.25) is 5.82 Å². The third-order valence-electron chi connectivity index (χ3n) is 2.72. The maximum atomic E-state index is 12.3. The number of hydrogen-bond donors (Lipinski definition) is 0. The zero-order valence-corrected chi connectivity index (χ0v) is 14.4. The fourth-order valence-electron chi connectivity index (χ4n) is 1.24. The highest BCUT2D eigenvalue weighted by molar-refractivity contribution is 6.83. The van der Waals surface area contributed by atoms with E-state index in [4.69, 9.17) is 0 Å². The van der Waals surface area contributed by atoms with Crippen LogP contribution in [0.5, 0.6) is 0 Å². The molecule has 0 unspecified atom stereocenters. The largest absolute Gasteiger partial charge is 0.334 e. The molecule has 0 radical (unpaired) electrons. The Bertz CT molecular complexity index is 559. The van der Waals surface area contributed by atoms with Gasteiger partial charge in [-0.25, -0.2) is 9.97 Å². The monoisotopic (exact) mass is 289 g/mol. The zero-order valence-electron chi connectivity index (χ0n) is 13.4. The Morgan fingerprint density at radius 3 is 2.40 bits per heavy atom. The molecule has 0 atom stereocenters. The maximum absolute atomic E-state index is 12.3. The summed E-state index contributed by atoms with van der Waals surface area (Å²) in [5.41, 5.74) is 3.58. The lowest BCUT2D eigenvalue weighted by molar-refractivity contribution is 0.0643. The standard InChI is InChI=1S/C15H23N3OSi/c1-15(2,3)18(4)14(19)13-16-10-8-12(17-13)9-11-20(5,6)7/h8,10H,1-7H3. The molecule has 0 fully saturated rings. The molecule has 0 aliphatic rings. The summed E-state index contributed by atoms with van der Waals surface area (Å²) in [7, 11) is 0.303. The quantitative estimate of drug-likeness (QED) is 0.589. The molecular weight excluding hydrogens is 266 g/mol. The van der Waals surface area contributed by atoms with Crippen molar-refractivity contribution in [2.75, 3.05) is 7.05 Å². The van der Waals surface area contributed by atoms with Crippen LogP contribution in [0.2, 0.25) is 19.6 Å². The predicted molar refractivity (Wildman–Crippen MR) is 84.1 cm³/mol. The Balaban J connectivity index is 3.05. The molecule has 0 saturated heterocycles. The zero-order chi connectivity index (χ0) is 15.6. The summed E-state index contributed by atoms with van der Waals surface area (Å²) >= 11 is 0. The minimum atomic E-state index is -1.45. The van der Waals surface area contributed by atoms with Crippen LogP contribution in [0.25, 0.3) is 0 Å². The summed E-state index contributed by atoms with van der Waals surface area (Å²) in [6.07, 6.45) is 1.59. The summed E-state index contributed by atoms with van der Waals surface area (Å²) in [4.78, 5) is 22.3. The second-order valence-corrected chi connectivity index (χ2v) is 11.6. The molecule has 0 saturated carbocycles. The van der Waals surface area contributed by atoms with Gasteiger partial charge in [-0.15, -0.1) is 5.54 Å². The number of amides is 1. The topological polar surface area (TPSA) is 46.1 Å². The van der Waals surface area contributed by atoms with Crippen molar-refractivity contribution in [1.82, 2.24) is 14.9 Å². The van der Waals surface area contributed by atoms with Crippen LogP contribution in [0.3, 0.4) is 0 Å². The molecule has 4 nitrogen and oxygen atoms in total. The average molecular weight is 289 g/mol. The van der Waals surface area contributed by atoms with Crippen molar-refractivity contribution >= 4 is 14.0 Å². The molecular formula is C15H23N3OSi. The lowest BCUT2D eigenvalue weighted by Crippen LogP contribution is -2.43. The molecule has 1 heterocycles. The third-order valence-corrected chi connectivity index (χ3v) is 3.60. The van der Waals surface area contributed by atoms with Crippen molar-refractivity contribution in [3.8, 4) is 11.5 Å². The SMILES string of the molecule is CN(C(=O)c1nccc(C#C[Si](C)(C)C)n1)C(C)(C)C. The summed E-state index contributed by atoms with van der Waals surface area (Å²) in [6.45, 7) is 12.4. The number of hydrogen-bond acceptors (Lipinski definition) is 3. The van der Waals surface area contributed by atoms with E-state index in [1.165, 1.54) is 0 Å². The highest BCUT2D eigenvalue weighted by Crippen LogP contribution is 2.13. The Kier molecular flexibility index (Phi) is 4.71. The van der Waals surface area contributed by atoms with E-state index >= 15 is 0 Å². The number of nitrogens with zero attached hydrogens (tertiary/aromatic N) is 3.